The molecule has 2 aromatic rings. The van der Waals surface area contributed by atoms with Crippen molar-refractivity contribution in [2.75, 3.05) is 11.9 Å². The van der Waals surface area contributed by atoms with Crippen molar-refractivity contribution in [1.29, 1.82) is 0 Å². The Hall–Kier alpha value is -2.83. The van der Waals surface area contributed by atoms with E-state index in [0.29, 0.717) is 13.0 Å². The minimum atomic E-state index is -0.621. The molecule has 3 N–H and O–H groups in total. The van der Waals surface area contributed by atoms with Crippen LogP contribution in [0.5, 0.6) is 5.75 Å². The van der Waals surface area contributed by atoms with Gasteiger partial charge in [0, 0.05) is 19.7 Å². The molecule has 7 nitrogen and oxygen atoms in total. The van der Waals surface area contributed by atoms with Gasteiger partial charge in [0.15, 0.2) is 5.82 Å². The number of aryl methyl sites for hydroxylation is 1. The largest absolute Gasteiger partial charge is 0.493 e. The number of carbonyl (C=O) groups is 2. The van der Waals surface area contributed by atoms with Gasteiger partial charge in [-0.05, 0) is 24.0 Å². The fourth-order valence-corrected chi connectivity index (χ4v) is 2.80. The molecule has 1 aliphatic rings. The third-order valence-electron chi connectivity index (χ3n) is 3.87. The van der Waals surface area contributed by atoms with Crippen LogP contribution in [-0.2, 0) is 11.8 Å². The summed E-state index contributed by atoms with van der Waals surface area (Å²) in [6.45, 7) is 0.588. The van der Waals surface area contributed by atoms with Crippen LogP contribution in [0.25, 0.3) is 0 Å². The first-order valence-corrected chi connectivity index (χ1v) is 7.39. The van der Waals surface area contributed by atoms with Gasteiger partial charge in [0.25, 0.3) is 5.91 Å². The number of amides is 2. The van der Waals surface area contributed by atoms with Gasteiger partial charge in [-0.15, -0.1) is 0 Å². The molecular weight excluding hydrogens is 296 g/mol. The zero-order valence-corrected chi connectivity index (χ0v) is 12.8. The highest BCUT2D eigenvalue weighted by atomic mass is 16.5. The standard InChI is InChI=1S/C16H18N4O3/c1-20-9-12(15(17)22)16(19-20)18-14(21)8-10-6-7-23-13-5-3-2-4-11(10)13/h2-5,9-10H,6-8H2,1H3,(H2,17,22)(H,18,19,21). The Bertz CT molecular complexity index is 754. The maximum Gasteiger partial charge on any atom is 0.254 e. The summed E-state index contributed by atoms with van der Waals surface area (Å²) in [4.78, 5) is 23.7. The molecule has 120 valence electrons. The van der Waals surface area contributed by atoms with Gasteiger partial charge in [0.2, 0.25) is 5.91 Å². The van der Waals surface area contributed by atoms with Crippen LogP contribution in [-0.4, -0.2) is 28.2 Å². The lowest BCUT2D eigenvalue weighted by Crippen LogP contribution is -2.22. The maximum absolute atomic E-state index is 12.3. The summed E-state index contributed by atoms with van der Waals surface area (Å²) < 4.78 is 7.04. The molecule has 7 heteroatoms. The van der Waals surface area contributed by atoms with Crippen molar-refractivity contribution in [2.45, 2.75) is 18.8 Å². The number of carbonyl (C=O) groups excluding carboxylic acids is 2. The van der Waals surface area contributed by atoms with Gasteiger partial charge < -0.3 is 15.8 Å². The highest BCUT2D eigenvalue weighted by molar-refractivity contribution is 6.01. The van der Waals surface area contributed by atoms with E-state index in [1.807, 2.05) is 24.3 Å². The van der Waals surface area contributed by atoms with Crippen molar-refractivity contribution in [2.24, 2.45) is 12.8 Å². The second-order valence-electron chi connectivity index (χ2n) is 5.55. The van der Waals surface area contributed by atoms with Crippen LogP contribution in [0.4, 0.5) is 5.82 Å². The average Bonchev–Trinajstić information content (AvgIpc) is 2.88. The van der Waals surface area contributed by atoms with E-state index in [9.17, 15) is 9.59 Å². The molecule has 0 saturated carbocycles. The molecule has 2 amide bonds. The minimum absolute atomic E-state index is 0.0840. The smallest absolute Gasteiger partial charge is 0.254 e. The molecule has 1 aliphatic heterocycles. The third-order valence-corrected chi connectivity index (χ3v) is 3.87. The Morgan fingerprint density at radius 1 is 1.43 bits per heavy atom. The lowest BCUT2D eigenvalue weighted by atomic mass is 9.90. The number of hydrogen-bond acceptors (Lipinski definition) is 4. The summed E-state index contributed by atoms with van der Waals surface area (Å²) in [7, 11) is 1.66. The third kappa shape index (κ3) is 3.18. The maximum atomic E-state index is 12.3. The van der Waals surface area contributed by atoms with Crippen molar-refractivity contribution in [1.82, 2.24) is 9.78 Å². The second-order valence-corrected chi connectivity index (χ2v) is 5.55. The molecule has 1 aromatic heterocycles. The number of fused-ring (bicyclic) bond motifs is 1. The molecule has 1 aromatic carbocycles. The summed E-state index contributed by atoms with van der Waals surface area (Å²) in [5.74, 6) is 0.288. The fraction of sp³-hybridized carbons (Fsp3) is 0.312. The van der Waals surface area contributed by atoms with Gasteiger partial charge >= 0.3 is 0 Å². The Balaban J connectivity index is 1.73. The number of nitrogens with two attached hydrogens (primary N) is 1. The number of nitrogens with zero attached hydrogens (tertiary/aromatic N) is 2. The summed E-state index contributed by atoms with van der Waals surface area (Å²) >= 11 is 0. The number of aromatic nitrogens is 2. The molecular formula is C16H18N4O3. The molecule has 0 spiro atoms. The highest BCUT2D eigenvalue weighted by Gasteiger charge is 2.24. The van der Waals surface area contributed by atoms with Crippen molar-refractivity contribution in [3.05, 3.63) is 41.6 Å². The number of hydrogen-bond donors (Lipinski definition) is 2. The van der Waals surface area contributed by atoms with E-state index >= 15 is 0 Å². The zero-order valence-electron chi connectivity index (χ0n) is 12.8. The number of rotatable bonds is 4. The van der Waals surface area contributed by atoms with Gasteiger partial charge in [-0.3, -0.25) is 14.3 Å². The van der Waals surface area contributed by atoms with Gasteiger partial charge in [0.1, 0.15) is 11.3 Å². The van der Waals surface area contributed by atoms with E-state index in [1.54, 1.807) is 7.05 Å². The molecule has 0 aliphatic carbocycles. The van der Waals surface area contributed by atoms with E-state index in [0.717, 1.165) is 17.7 Å². The second kappa shape index (κ2) is 6.12. The van der Waals surface area contributed by atoms with Crippen LogP contribution in [0.3, 0.4) is 0 Å². The van der Waals surface area contributed by atoms with E-state index in [1.165, 1.54) is 10.9 Å². The van der Waals surface area contributed by atoms with Gasteiger partial charge in [-0.1, -0.05) is 18.2 Å². The Morgan fingerprint density at radius 3 is 3.00 bits per heavy atom. The van der Waals surface area contributed by atoms with Crippen molar-refractivity contribution in [3.63, 3.8) is 0 Å². The minimum Gasteiger partial charge on any atom is -0.493 e. The van der Waals surface area contributed by atoms with Crippen molar-refractivity contribution in [3.8, 4) is 5.75 Å². The van der Waals surface area contributed by atoms with Gasteiger partial charge in [0.05, 0.1) is 6.61 Å². The molecule has 23 heavy (non-hydrogen) atoms. The monoisotopic (exact) mass is 314 g/mol. The topological polar surface area (TPSA) is 99.2 Å². The number of benzene rings is 1. The Morgan fingerprint density at radius 2 is 2.22 bits per heavy atom. The predicted octanol–water partition coefficient (Wildman–Crippen LogP) is 1.41. The fourth-order valence-electron chi connectivity index (χ4n) is 2.80. The van der Waals surface area contributed by atoms with Crippen LogP contribution in [0.1, 0.15) is 34.7 Å². The van der Waals surface area contributed by atoms with E-state index in [4.69, 9.17) is 10.5 Å². The van der Waals surface area contributed by atoms with Crippen LogP contribution in [0, 0.1) is 0 Å². The molecule has 0 fully saturated rings. The first-order chi connectivity index (χ1) is 11.0. The van der Waals surface area contributed by atoms with Crippen LogP contribution in [0.2, 0.25) is 0 Å². The number of para-hydroxylation sites is 1. The molecule has 0 saturated heterocycles. The lowest BCUT2D eigenvalue weighted by molar-refractivity contribution is -0.116. The lowest BCUT2D eigenvalue weighted by Gasteiger charge is -2.25. The Labute approximate surface area is 133 Å². The quantitative estimate of drug-likeness (QED) is 0.891. The van der Waals surface area contributed by atoms with Gasteiger partial charge in [-0.2, -0.15) is 5.10 Å². The van der Waals surface area contributed by atoms with E-state index in [-0.39, 0.29) is 23.2 Å². The zero-order chi connectivity index (χ0) is 16.4. The predicted molar refractivity (Wildman–Crippen MR) is 84.3 cm³/mol. The number of ether oxygens (including phenoxy) is 1. The van der Waals surface area contributed by atoms with Crippen LogP contribution in [0.15, 0.2) is 30.5 Å². The summed E-state index contributed by atoms with van der Waals surface area (Å²) in [5.41, 5.74) is 6.53. The molecule has 1 unspecified atom stereocenters. The normalized spacial score (nSPS) is 16.3. The van der Waals surface area contributed by atoms with Crippen LogP contribution >= 0.6 is 0 Å². The van der Waals surface area contributed by atoms with Crippen molar-refractivity contribution >= 4 is 17.6 Å². The summed E-state index contributed by atoms with van der Waals surface area (Å²) in [5, 5.41) is 6.75. The van der Waals surface area contributed by atoms with Gasteiger partial charge in [-0.25, -0.2) is 0 Å². The molecule has 0 bridgehead atoms. The molecule has 3 rings (SSSR count). The molecule has 0 radical (unpaired) electrons. The summed E-state index contributed by atoms with van der Waals surface area (Å²) in [6.07, 6.45) is 2.56. The average molecular weight is 314 g/mol. The van der Waals surface area contributed by atoms with E-state index < -0.39 is 5.91 Å². The SMILES string of the molecule is Cn1cc(C(N)=O)c(NC(=O)CC2CCOc3ccccc32)n1. The number of anilines is 1. The highest BCUT2D eigenvalue weighted by Crippen LogP contribution is 2.35. The van der Waals surface area contributed by atoms with Crippen molar-refractivity contribution < 1.29 is 14.3 Å². The first kappa shape index (κ1) is 15.1. The molecule has 2 heterocycles. The van der Waals surface area contributed by atoms with Crippen LogP contribution < -0.4 is 15.8 Å². The number of primary amides is 1. The first-order valence-electron chi connectivity index (χ1n) is 7.39. The number of nitrogens with one attached hydrogen (secondary N) is 1. The Kier molecular flexibility index (Phi) is 4.01. The molecule has 1 atom stereocenters. The summed E-state index contributed by atoms with van der Waals surface area (Å²) in [6, 6.07) is 7.72. The van der Waals surface area contributed by atoms with E-state index in [2.05, 4.69) is 10.4 Å².